The van der Waals surface area contributed by atoms with Crippen molar-refractivity contribution >= 4 is 27.6 Å². The Labute approximate surface area is 474 Å². The largest absolute Gasteiger partial charge is 1.00 e. The molecule has 19 atom stereocenters. The maximum Gasteiger partial charge on any atom is 1.00 e. The average molecular weight is 1080 g/mol. The van der Waals surface area contributed by atoms with Crippen LogP contribution >= 0.6 is 15.6 Å². The van der Waals surface area contributed by atoms with E-state index in [9.17, 15) is 43.8 Å². The predicted octanol–water partition coefficient (Wildman–Crippen LogP) is 0.503. The molecular weight excluding hydrogens is 1000 g/mol. The average Bonchev–Trinajstić information content (AvgIpc) is 4.01. The summed E-state index contributed by atoms with van der Waals surface area (Å²) in [6, 6.07) is 0. The number of carbonyl (C=O) groups excluding carboxylic acids is 2. The number of hydrogen-bond donors (Lipinski definition) is 5. The molecule has 21 heteroatoms. The summed E-state index contributed by atoms with van der Waals surface area (Å²) in [6.45, 7) is 10.7. The molecule has 2 aliphatic heterocycles. The van der Waals surface area contributed by atoms with Crippen molar-refractivity contribution in [2.45, 2.75) is 193 Å². The van der Waals surface area contributed by atoms with E-state index < -0.39 is 88.9 Å². The number of allylic oxidation sites excluding steroid dienone is 3. The number of cyclic esters (lactones) is 2. The second-order valence-electron chi connectivity index (χ2n) is 23.8. The normalized spacial score (nSPS) is 42.8. The first-order valence-electron chi connectivity index (χ1n) is 26.3. The standard InChI is InChI=1S/C26H39O9P.C26H39O8P.2Na/c1-14-22(20(29)13-27)33-24(30)23(14)35-36(31,32)34-21-7-6-18-17-5-4-15-12-16(28)8-10-25(15,2)19(17)9-11-26(18,21)3;1-15-22(20(28)14-27)32-24(29)23(15)34-35(30,31)33-21-10-9-18-17-8-7-16-6-4-5-12-25(16,2)19(17)11-13-26(18,21)3;;/h4,16-22,27-29H,5-13H2,1-3H3,(H,31,32);7,17-22,27-28H,4-6,8-14H2,1-3H3,(H,30,31);;/q;;2*+1/p-2/t16-,17?,18?,19?,20?,21-,22?,25-,26-;17?,18?,19?,20?,21-,22?,25-,26-;;/m00../s1. The second kappa shape index (κ2) is 22.6. The van der Waals surface area contributed by atoms with Gasteiger partial charge < -0.3 is 62.9 Å². The fourth-order valence-corrected chi connectivity index (χ4v) is 18.7. The molecule has 10 aliphatic rings. The minimum Gasteiger partial charge on any atom is -0.746 e. The summed E-state index contributed by atoms with van der Waals surface area (Å²) < 4.78 is 57.4. The number of phosphoric ester groups is 2. The van der Waals surface area contributed by atoms with Crippen LogP contribution in [0.5, 0.6) is 0 Å². The Kier molecular flexibility index (Phi) is 18.7. The van der Waals surface area contributed by atoms with Gasteiger partial charge in [-0.2, -0.15) is 0 Å². The Morgan fingerprint density at radius 2 is 1.08 bits per heavy atom. The third kappa shape index (κ3) is 11.0. The fourth-order valence-electron chi connectivity index (χ4n) is 16.4. The molecule has 10 rings (SSSR count). The van der Waals surface area contributed by atoms with Crippen LogP contribution in [-0.4, -0.2) is 93.4 Å². The number of rotatable bonds is 12. The van der Waals surface area contributed by atoms with Gasteiger partial charge >= 0.3 is 86.7 Å². The smallest absolute Gasteiger partial charge is 0.746 e. The number of esters is 2. The molecule has 0 radical (unpaired) electrons. The Hall–Kier alpha value is -0.400. The van der Waals surface area contributed by atoms with E-state index in [1.165, 1.54) is 45.1 Å². The van der Waals surface area contributed by atoms with Gasteiger partial charge in [0.2, 0.25) is 11.5 Å². The van der Waals surface area contributed by atoms with Crippen molar-refractivity contribution in [1.82, 2.24) is 0 Å². The number of aliphatic hydroxyl groups excluding tert-OH is 5. The summed E-state index contributed by atoms with van der Waals surface area (Å²) in [5, 5.41) is 48.2. The monoisotopic (exact) mass is 1080 g/mol. The second-order valence-corrected chi connectivity index (χ2v) is 26.4. The molecule has 12 unspecified atom stereocenters. The van der Waals surface area contributed by atoms with Crippen molar-refractivity contribution < 1.29 is 141 Å². The maximum atomic E-state index is 12.9. The van der Waals surface area contributed by atoms with E-state index in [4.69, 9.17) is 37.8 Å². The number of ether oxygens (including phenoxy) is 2. The van der Waals surface area contributed by atoms with Gasteiger partial charge in [-0.3, -0.25) is 9.13 Å². The molecule has 0 aromatic heterocycles. The van der Waals surface area contributed by atoms with Gasteiger partial charge in [0, 0.05) is 11.1 Å². The van der Waals surface area contributed by atoms with Crippen molar-refractivity contribution in [3.63, 3.8) is 0 Å². The van der Waals surface area contributed by atoms with E-state index in [2.05, 4.69) is 39.8 Å². The molecule has 0 amide bonds. The van der Waals surface area contributed by atoms with Gasteiger partial charge in [-0.15, -0.1) is 0 Å². The summed E-state index contributed by atoms with van der Waals surface area (Å²) in [5.74, 6) is -0.114. The van der Waals surface area contributed by atoms with Crippen molar-refractivity contribution in [1.29, 1.82) is 0 Å². The zero-order chi connectivity index (χ0) is 51.2. The van der Waals surface area contributed by atoms with Gasteiger partial charge in [-0.25, -0.2) is 9.59 Å². The maximum absolute atomic E-state index is 12.9. The van der Waals surface area contributed by atoms with Crippen LogP contribution in [0, 0.1) is 57.2 Å². The third-order valence-electron chi connectivity index (χ3n) is 20.3. The molecule has 6 fully saturated rings. The summed E-state index contributed by atoms with van der Waals surface area (Å²) >= 11 is 0. The fraction of sp³-hybridized carbons (Fsp3) is 0.808. The van der Waals surface area contributed by atoms with E-state index in [1.54, 1.807) is 5.57 Å². The minimum atomic E-state index is -4.91. The molecule has 73 heavy (non-hydrogen) atoms. The van der Waals surface area contributed by atoms with Crippen LogP contribution in [0.4, 0.5) is 0 Å². The van der Waals surface area contributed by atoms with E-state index in [0.29, 0.717) is 48.3 Å². The number of phosphoric acid groups is 2. The molecule has 5 N–H and O–H groups in total. The van der Waals surface area contributed by atoms with Crippen molar-refractivity contribution in [2.75, 3.05) is 13.2 Å². The zero-order valence-electron chi connectivity index (χ0n) is 44.1. The van der Waals surface area contributed by atoms with Crippen LogP contribution in [0.3, 0.4) is 0 Å². The Morgan fingerprint density at radius 1 is 0.644 bits per heavy atom. The molecule has 2 heterocycles. The van der Waals surface area contributed by atoms with Crippen LogP contribution in [0.25, 0.3) is 0 Å². The van der Waals surface area contributed by atoms with Crippen LogP contribution in [0.2, 0.25) is 0 Å². The topological polar surface area (TPSA) is 271 Å². The van der Waals surface area contributed by atoms with Gasteiger partial charge in [0.15, 0.2) is 12.2 Å². The van der Waals surface area contributed by atoms with Crippen molar-refractivity contribution in [3.8, 4) is 0 Å². The summed E-state index contributed by atoms with van der Waals surface area (Å²) in [6.07, 6.45) is 15.0. The Morgan fingerprint density at radius 3 is 1.53 bits per heavy atom. The molecule has 6 saturated carbocycles. The van der Waals surface area contributed by atoms with Crippen molar-refractivity contribution in [3.05, 3.63) is 46.0 Å². The molecule has 17 nitrogen and oxygen atoms in total. The molecule has 0 saturated heterocycles. The van der Waals surface area contributed by atoms with Gasteiger partial charge in [0.25, 0.3) is 0 Å². The van der Waals surface area contributed by atoms with Crippen LogP contribution in [0.15, 0.2) is 46.0 Å². The van der Waals surface area contributed by atoms with E-state index in [1.807, 2.05) is 0 Å². The first kappa shape index (κ1) is 60.2. The van der Waals surface area contributed by atoms with Gasteiger partial charge in [-0.1, -0.05) is 57.4 Å². The zero-order valence-corrected chi connectivity index (χ0v) is 49.9. The molecule has 8 aliphatic carbocycles. The number of carbonyl (C=O) groups is 2. The van der Waals surface area contributed by atoms with Crippen LogP contribution < -0.4 is 68.9 Å². The minimum absolute atomic E-state index is 0. The first-order valence-corrected chi connectivity index (χ1v) is 29.2. The number of hydrogen-bond acceptors (Lipinski definition) is 17. The first-order chi connectivity index (χ1) is 33.4. The van der Waals surface area contributed by atoms with Crippen LogP contribution in [0.1, 0.15) is 151 Å². The van der Waals surface area contributed by atoms with Crippen molar-refractivity contribution in [2.24, 2.45) is 57.2 Å². The molecule has 0 spiro atoms. The third-order valence-corrected chi connectivity index (χ3v) is 22.2. The summed E-state index contributed by atoms with van der Waals surface area (Å²) in [7, 11) is -9.78. The van der Waals surface area contributed by atoms with E-state index in [-0.39, 0.29) is 98.0 Å². The quantitative estimate of drug-likeness (QED) is 0.0771. The summed E-state index contributed by atoms with van der Waals surface area (Å²) in [4.78, 5) is 50.3. The van der Waals surface area contributed by atoms with Gasteiger partial charge in [0.1, 0.15) is 12.2 Å². The number of aliphatic hydroxyl groups is 5. The Balaban J connectivity index is 0.000000208. The molecule has 0 bridgehead atoms. The molecule has 398 valence electrons. The van der Waals surface area contributed by atoms with Crippen LogP contribution in [-0.2, 0) is 46.3 Å². The Bertz CT molecular complexity index is 2340. The molecular formula is C52H76Na2O17P2. The van der Waals surface area contributed by atoms with Gasteiger partial charge in [0.05, 0.1) is 31.5 Å². The summed E-state index contributed by atoms with van der Waals surface area (Å²) in [5.41, 5.74) is 3.06. The SMILES string of the molecule is CC1=C(OP(=O)([O-])O[C@H]2CCC3C4CC=C5CCCC[C@]5(C)C4CC[C@@]32C)C(=O)OC1C(O)CO.CC1=C(OP(=O)([O-])O[C@H]2CCC3C4CC=C5C[C@@H](O)CC[C@]5(C)C4CC[C@@]32C)C(=O)OC1C(O)CO.[Na+].[Na+]. The van der Waals surface area contributed by atoms with E-state index >= 15 is 0 Å². The van der Waals surface area contributed by atoms with E-state index in [0.717, 1.165) is 70.6 Å². The predicted molar refractivity (Wildman–Crippen MR) is 253 cm³/mol. The number of fused-ring (bicyclic) bond motifs is 10. The molecule has 0 aromatic rings. The van der Waals surface area contributed by atoms with Gasteiger partial charge in [-0.05, 0) is 174 Å². The molecule has 0 aromatic carbocycles.